The van der Waals surface area contributed by atoms with Crippen LogP contribution in [-0.2, 0) is 0 Å². The quantitative estimate of drug-likeness (QED) is 0.728. The maximum Gasteiger partial charge on any atom is 0.251 e. The van der Waals surface area contributed by atoms with Gasteiger partial charge in [-0.15, -0.1) is 0 Å². The molecule has 0 spiro atoms. The number of carbonyl (C=O) groups excluding carboxylic acids is 2. The van der Waals surface area contributed by atoms with E-state index < -0.39 is 5.91 Å². The van der Waals surface area contributed by atoms with Crippen LogP contribution in [0.1, 0.15) is 54.3 Å². The average Bonchev–Trinajstić information content (AvgIpc) is 2.73. The van der Waals surface area contributed by atoms with Gasteiger partial charge < -0.3 is 15.8 Å². The molecule has 0 radical (unpaired) electrons. The van der Waals surface area contributed by atoms with Gasteiger partial charge in [0, 0.05) is 29.8 Å². The molecular formula is C24H31N3O3. The smallest absolute Gasteiger partial charge is 0.251 e. The summed E-state index contributed by atoms with van der Waals surface area (Å²) >= 11 is 0. The molecule has 1 heterocycles. The lowest BCUT2D eigenvalue weighted by Gasteiger charge is -2.43. The molecule has 6 nitrogen and oxygen atoms in total. The molecule has 2 aromatic carbocycles. The first kappa shape index (κ1) is 21.8. The van der Waals surface area contributed by atoms with Crippen LogP contribution < -0.4 is 15.8 Å². The van der Waals surface area contributed by atoms with E-state index in [1.807, 2.05) is 0 Å². The molecule has 3 N–H and O–H groups in total. The summed E-state index contributed by atoms with van der Waals surface area (Å²) in [5.74, 6) is 1.34. The van der Waals surface area contributed by atoms with Gasteiger partial charge in [-0.1, -0.05) is 6.92 Å². The van der Waals surface area contributed by atoms with Crippen molar-refractivity contribution in [1.82, 2.24) is 10.2 Å². The first-order chi connectivity index (χ1) is 14.2. The Hall–Kier alpha value is -2.86. The molecule has 160 valence electrons. The highest BCUT2D eigenvalue weighted by atomic mass is 16.5. The highest BCUT2D eigenvalue weighted by Crippen LogP contribution is 2.24. The van der Waals surface area contributed by atoms with Crippen molar-refractivity contribution in [3.05, 3.63) is 59.7 Å². The van der Waals surface area contributed by atoms with Gasteiger partial charge in [0.1, 0.15) is 11.5 Å². The van der Waals surface area contributed by atoms with Crippen molar-refractivity contribution in [3.63, 3.8) is 0 Å². The van der Waals surface area contributed by atoms with Crippen LogP contribution in [0.5, 0.6) is 11.5 Å². The molecule has 0 bridgehead atoms. The molecule has 2 aromatic rings. The van der Waals surface area contributed by atoms with Gasteiger partial charge in [0.05, 0.1) is 0 Å². The third-order valence-corrected chi connectivity index (χ3v) is 5.69. The molecule has 1 aliphatic heterocycles. The number of nitrogens with zero attached hydrogens (tertiary/aromatic N) is 1. The van der Waals surface area contributed by atoms with Gasteiger partial charge in [-0.3, -0.25) is 14.5 Å². The molecule has 1 atom stereocenters. The van der Waals surface area contributed by atoms with Crippen molar-refractivity contribution < 1.29 is 14.3 Å². The highest BCUT2D eigenvalue weighted by molar-refractivity contribution is 5.94. The topological polar surface area (TPSA) is 84.7 Å². The number of hydrogen-bond acceptors (Lipinski definition) is 4. The molecule has 1 unspecified atom stereocenters. The van der Waals surface area contributed by atoms with Crippen molar-refractivity contribution in [1.29, 1.82) is 0 Å². The summed E-state index contributed by atoms with van der Waals surface area (Å²) in [6.07, 6.45) is 2.49. The van der Waals surface area contributed by atoms with E-state index in [4.69, 9.17) is 10.5 Å². The zero-order valence-corrected chi connectivity index (χ0v) is 18.0. The van der Waals surface area contributed by atoms with Gasteiger partial charge in [-0.2, -0.15) is 0 Å². The van der Waals surface area contributed by atoms with E-state index in [9.17, 15) is 9.59 Å². The first-order valence-electron chi connectivity index (χ1n) is 10.5. The lowest BCUT2D eigenvalue weighted by atomic mass is 9.93. The minimum atomic E-state index is -0.477. The average molecular weight is 410 g/mol. The van der Waals surface area contributed by atoms with Crippen LogP contribution in [0.25, 0.3) is 0 Å². The van der Waals surface area contributed by atoms with E-state index in [0.29, 0.717) is 35.1 Å². The third-order valence-electron chi connectivity index (χ3n) is 5.69. The second-order valence-electron chi connectivity index (χ2n) is 8.70. The zero-order valence-electron chi connectivity index (χ0n) is 18.0. The van der Waals surface area contributed by atoms with E-state index in [2.05, 4.69) is 31.0 Å². The molecule has 0 saturated carbocycles. The largest absolute Gasteiger partial charge is 0.457 e. The highest BCUT2D eigenvalue weighted by Gasteiger charge is 2.30. The van der Waals surface area contributed by atoms with E-state index in [1.54, 1.807) is 48.5 Å². The Labute approximate surface area is 178 Å². The van der Waals surface area contributed by atoms with E-state index in [0.717, 1.165) is 13.1 Å². The number of hydrogen-bond donors (Lipinski definition) is 2. The predicted molar refractivity (Wildman–Crippen MR) is 118 cm³/mol. The lowest BCUT2D eigenvalue weighted by Crippen LogP contribution is -2.54. The molecule has 6 heteroatoms. The van der Waals surface area contributed by atoms with Crippen molar-refractivity contribution >= 4 is 11.8 Å². The Morgan fingerprint density at radius 1 is 1.07 bits per heavy atom. The number of rotatable bonds is 7. The second kappa shape index (κ2) is 9.30. The molecule has 0 aliphatic carbocycles. The predicted octanol–water partition coefficient (Wildman–Crippen LogP) is 3.82. The Morgan fingerprint density at radius 3 is 2.17 bits per heavy atom. The van der Waals surface area contributed by atoms with E-state index >= 15 is 0 Å². The SMILES string of the molecule is CC1CCCN(C(C)(C)CNC(=O)c2ccc(Oc3ccc(C(N)=O)cc3)cc2)C1. The number of carbonyl (C=O) groups is 2. The number of amides is 2. The molecule has 3 rings (SSSR count). The minimum absolute atomic E-state index is 0.0789. The summed E-state index contributed by atoms with van der Waals surface area (Å²) in [4.78, 5) is 26.2. The number of piperidine rings is 1. The van der Waals surface area contributed by atoms with Crippen LogP contribution in [0.3, 0.4) is 0 Å². The monoisotopic (exact) mass is 409 g/mol. The summed E-state index contributed by atoms with van der Waals surface area (Å²) < 4.78 is 5.76. The fourth-order valence-electron chi connectivity index (χ4n) is 3.75. The molecule has 30 heavy (non-hydrogen) atoms. The summed E-state index contributed by atoms with van der Waals surface area (Å²) in [5.41, 5.74) is 6.18. The van der Waals surface area contributed by atoms with Crippen LogP contribution in [-0.4, -0.2) is 41.9 Å². The van der Waals surface area contributed by atoms with Gasteiger partial charge in [0.15, 0.2) is 0 Å². The van der Waals surface area contributed by atoms with Gasteiger partial charge >= 0.3 is 0 Å². The zero-order chi connectivity index (χ0) is 21.7. The maximum atomic E-state index is 12.6. The number of nitrogens with one attached hydrogen (secondary N) is 1. The van der Waals surface area contributed by atoms with Gasteiger partial charge in [0.2, 0.25) is 5.91 Å². The third kappa shape index (κ3) is 5.60. The van der Waals surface area contributed by atoms with Crippen LogP contribution in [0.15, 0.2) is 48.5 Å². The van der Waals surface area contributed by atoms with Gasteiger partial charge in [-0.05, 0) is 87.7 Å². The molecular weight excluding hydrogens is 378 g/mol. The maximum absolute atomic E-state index is 12.6. The normalized spacial score (nSPS) is 17.4. The van der Waals surface area contributed by atoms with Crippen LogP contribution in [0.2, 0.25) is 0 Å². The number of ether oxygens (including phenoxy) is 1. The molecule has 1 saturated heterocycles. The summed E-state index contributed by atoms with van der Waals surface area (Å²) in [6, 6.07) is 13.6. The minimum Gasteiger partial charge on any atom is -0.457 e. The number of primary amides is 1. The summed E-state index contributed by atoms with van der Waals surface area (Å²) in [5, 5.41) is 3.07. The molecule has 0 aromatic heterocycles. The van der Waals surface area contributed by atoms with E-state index in [1.165, 1.54) is 12.8 Å². The second-order valence-corrected chi connectivity index (χ2v) is 8.70. The summed E-state index contributed by atoms with van der Waals surface area (Å²) in [6.45, 7) is 9.42. The van der Waals surface area contributed by atoms with Crippen LogP contribution >= 0.6 is 0 Å². The van der Waals surface area contributed by atoms with Gasteiger partial charge in [0.25, 0.3) is 5.91 Å². The molecule has 1 fully saturated rings. The van der Waals surface area contributed by atoms with Crippen LogP contribution in [0, 0.1) is 5.92 Å². The van der Waals surface area contributed by atoms with E-state index in [-0.39, 0.29) is 11.4 Å². The van der Waals surface area contributed by atoms with Crippen molar-refractivity contribution in [2.24, 2.45) is 11.7 Å². The van der Waals surface area contributed by atoms with Crippen molar-refractivity contribution in [2.75, 3.05) is 19.6 Å². The number of likely N-dealkylation sites (tertiary alicyclic amines) is 1. The van der Waals surface area contributed by atoms with Crippen molar-refractivity contribution in [3.8, 4) is 11.5 Å². The van der Waals surface area contributed by atoms with Gasteiger partial charge in [-0.25, -0.2) is 0 Å². The Kier molecular flexibility index (Phi) is 6.77. The Bertz CT molecular complexity index is 876. The fourth-order valence-corrected chi connectivity index (χ4v) is 3.75. The fraction of sp³-hybridized carbons (Fsp3) is 0.417. The Balaban J connectivity index is 1.55. The molecule has 2 amide bonds. The number of nitrogens with two attached hydrogens (primary N) is 1. The molecule has 1 aliphatic rings. The first-order valence-corrected chi connectivity index (χ1v) is 10.5. The Morgan fingerprint density at radius 2 is 1.63 bits per heavy atom. The van der Waals surface area contributed by atoms with Crippen molar-refractivity contribution in [2.45, 2.75) is 39.2 Å². The summed E-state index contributed by atoms with van der Waals surface area (Å²) in [7, 11) is 0. The lowest BCUT2D eigenvalue weighted by molar-refractivity contribution is 0.0657. The van der Waals surface area contributed by atoms with Crippen LogP contribution in [0.4, 0.5) is 0 Å². The standard InChI is InChI=1S/C24H31N3O3/c1-17-5-4-14-27(15-17)24(2,3)16-26-23(29)19-8-12-21(13-9-19)30-20-10-6-18(7-11-20)22(25)28/h6-13,17H,4-5,14-16H2,1-3H3,(H2,25,28)(H,26,29). The number of benzene rings is 2.